The molecule has 1 heterocycles. The molecule has 0 bridgehead atoms. The van der Waals surface area contributed by atoms with Gasteiger partial charge in [-0.3, -0.25) is 10.0 Å². The van der Waals surface area contributed by atoms with Crippen LogP contribution in [0.3, 0.4) is 0 Å². The van der Waals surface area contributed by atoms with Gasteiger partial charge < -0.3 is 0 Å². The van der Waals surface area contributed by atoms with E-state index in [9.17, 15) is 4.79 Å². The van der Waals surface area contributed by atoms with Crippen LogP contribution in [0.1, 0.15) is 16.1 Å². The summed E-state index contributed by atoms with van der Waals surface area (Å²) >= 11 is 11.9. The van der Waals surface area contributed by atoms with Crippen LogP contribution in [-0.4, -0.2) is 16.1 Å². The monoisotopic (exact) mass is 270 g/mol. The largest absolute Gasteiger partial charge is 0.293 e. The van der Waals surface area contributed by atoms with E-state index in [1.54, 1.807) is 18.2 Å². The topological polar surface area (TPSA) is 62.2 Å². The third-order valence-corrected chi connectivity index (χ3v) is 3.21. The molecule has 0 unspecified atom stereocenters. The number of hydrogen-bond acceptors (Lipinski definition) is 3. The standard InChI is InChI=1S/C11H8Cl2N2O2/c1-5-4-8(11(16)15-17)14-10-6(5)2-3-7(12)9(10)13/h2-4,17H,1H3,(H,15,16). The Labute approximate surface area is 107 Å². The summed E-state index contributed by atoms with van der Waals surface area (Å²) < 4.78 is 0. The molecule has 2 rings (SSSR count). The predicted octanol–water partition coefficient (Wildman–Crippen LogP) is 2.97. The summed E-state index contributed by atoms with van der Waals surface area (Å²) in [5.41, 5.74) is 2.88. The number of pyridine rings is 1. The molecule has 2 N–H and O–H groups in total. The first-order valence-electron chi connectivity index (χ1n) is 4.74. The van der Waals surface area contributed by atoms with E-state index in [1.165, 1.54) is 5.48 Å². The van der Waals surface area contributed by atoms with Gasteiger partial charge in [0.2, 0.25) is 0 Å². The zero-order chi connectivity index (χ0) is 12.6. The average Bonchev–Trinajstić information content (AvgIpc) is 2.33. The van der Waals surface area contributed by atoms with Crippen LogP contribution < -0.4 is 5.48 Å². The molecule has 0 fully saturated rings. The zero-order valence-electron chi connectivity index (χ0n) is 8.79. The van der Waals surface area contributed by atoms with Crippen LogP contribution in [0, 0.1) is 6.92 Å². The lowest BCUT2D eigenvalue weighted by Gasteiger charge is -2.07. The smallest absolute Gasteiger partial charge is 0.288 e. The van der Waals surface area contributed by atoms with Gasteiger partial charge in [0.15, 0.2) is 0 Å². The number of aromatic nitrogens is 1. The Morgan fingerprint density at radius 1 is 1.41 bits per heavy atom. The van der Waals surface area contributed by atoms with Crippen LogP contribution >= 0.6 is 23.2 Å². The number of rotatable bonds is 1. The lowest BCUT2D eigenvalue weighted by Crippen LogP contribution is -2.20. The van der Waals surface area contributed by atoms with Gasteiger partial charge in [0.25, 0.3) is 5.91 Å². The number of carbonyl (C=O) groups is 1. The summed E-state index contributed by atoms with van der Waals surface area (Å²) in [6, 6.07) is 5.03. The SMILES string of the molecule is Cc1cc(C(=O)NO)nc2c(Cl)c(Cl)ccc12. The average molecular weight is 271 g/mol. The van der Waals surface area contributed by atoms with Crippen LogP contribution in [0.25, 0.3) is 10.9 Å². The number of aryl methyl sites for hydroxylation is 1. The number of nitrogens with one attached hydrogen (secondary N) is 1. The maximum Gasteiger partial charge on any atom is 0.293 e. The molecule has 0 aliphatic heterocycles. The number of carbonyl (C=O) groups excluding carboxylic acids is 1. The molecule has 4 nitrogen and oxygen atoms in total. The first-order chi connectivity index (χ1) is 8.04. The van der Waals surface area contributed by atoms with Crippen LogP contribution in [0.4, 0.5) is 0 Å². The van der Waals surface area contributed by atoms with Crippen molar-refractivity contribution >= 4 is 40.0 Å². The molecule has 2 aromatic rings. The van der Waals surface area contributed by atoms with Gasteiger partial charge in [-0.25, -0.2) is 10.5 Å². The van der Waals surface area contributed by atoms with Crippen LogP contribution in [-0.2, 0) is 0 Å². The first kappa shape index (κ1) is 12.1. The Morgan fingerprint density at radius 3 is 2.76 bits per heavy atom. The molecule has 0 saturated heterocycles. The molecule has 0 spiro atoms. The highest BCUT2D eigenvalue weighted by molar-refractivity contribution is 6.45. The number of fused-ring (bicyclic) bond motifs is 1. The van der Waals surface area contributed by atoms with E-state index in [0.717, 1.165) is 10.9 Å². The lowest BCUT2D eigenvalue weighted by atomic mass is 10.1. The molecule has 0 aliphatic rings. The Bertz CT molecular complexity index is 614. The molecular weight excluding hydrogens is 263 g/mol. The quantitative estimate of drug-likeness (QED) is 0.619. The summed E-state index contributed by atoms with van der Waals surface area (Å²) in [4.78, 5) is 15.4. The molecule has 0 radical (unpaired) electrons. The second-order valence-electron chi connectivity index (χ2n) is 3.52. The number of hydrogen-bond donors (Lipinski definition) is 2. The number of hydroxylamine groups is 1. The second-order valence-corrected chi connectivity index (χ2v) is 4.31. The van der Waals surface area contributed by atoms with E-state index in [-0.39, 0.29) is 5.69 Å². The van der Waals surface area contributed by atoms with Crippen molar-refractivity contribution in [1.29, 1.82) is 0 Å². The molecule has 1 aromatic carbocycles. The Morgan fingerprint density at radius 2 is 2.12 bits per heavy atom. The maximum absolute atomic E-state index is 11.3. The molecular formula is C11H8Cl2N2O2. The molecule has 0 atom stereocenters. The summed E-state index contributed by atoms with van der Waals surface area (Å²) in [7, 11) is 0. The van der Waals surface area contributed by atoms with Crippen molar-refractivity contribution in [2.75, 3.05) is 0 Å². The maximum atomic E-state index is 11.3. The van der Waals surface area contributed by atoms with Gasteiger partial charge in [0, 0.05) is 5.39 Å². The van der Waals surface area contributed by atoms with E-state index < -0.39 is 5.91 Å². The van der Waals surface area contributed by atoms with Crippen LogP contribution in [0.15, 0.2) is 18.2 Å². The van der Waals surface area contributed by atoms with Crippen LogP contribution in [0.2, 0.25) is 10.0 Å². The zero-order valence-corrected chi connectivity index (χ0v) is 10.3. The minimum absolute atomic E-state index is 0.0849. The number of halogens is 2. The highest BCUT2D eigenvalue weighted by Crippen LogP contribution is 2.31. The third-order valence-electron chi connectivity index (χ3n) is 2.41. The van der Waals surface area contributed by atoms with E-state index in [4.69, 9.17) is 28.4 Å². The molecule has 0 saturated carbocycles. The van der Waals surface area contributed by atoms with E-state index in [2.05, 4.69) is 4.98 Å². The van der Waals surface area contributed by atoms with Crippen molar-refractivity contribution in [2.45, 2.75) is 6.92 Å². The molecule has 1 amide bonds. The third kappa shape index (κ3) is 2.07. The summed E-state index contributed by atoms with van der Waals surface area (Å²) in [5, 5.41) is 10.0. The minimum Gasteiger partial charge on any atom is -0.288 e. The Balaban J connectivity index is 2.79. The first-order valence-corrected chi connectivity index (χ1v) is 5.50. The van der Waals surface area contributed by atoms with Crippen LogP contribution in [0.5, 0.6) is 0 Å². The van der Waals surface area contributed by atoms with Gasteiger partial charge in [0.1, 0.15) is 5.69 Å². The van der Waals surface area contributed by atoms with Gasteiger partial charge in [-0.1, -0.05) is 29.3 Å². The molecule has 1 aromatic heterocycles. The lowest BCUT2D eigenvalue weighted by molar-refractivity contribution is 0.0701. The van der Waals surface area contributed by atoms with Gasteiger partial charge in [-0.05, 0) is 24.6 Å². The van der Waals surface area contributed by atoms with Gasteiger partial charge in [-0.15, -0.1) is 0 Å². The summed E-state index contributed by atoms with van der Waals surface area (Å²) in [6.07, 6.45) is 0. The molecule has 6 heteroatoms. The predicted molar refractivity (Wildman–Crippen MR) is 65.8 cm³/mol. The van der Waals surface area contributed by atoms with Gasteiger partial charge in [-0.2, -0.15) is 0 Å². The number of amides is 1. The van der Waals surface area contributed by atoms with Crippen molar-refractivity contribution in [3.8, 4) is 0 Å². The Kier molecular flexibility index (Phi) is 3.19. The number of nitrogens with zero attached hydrogens (tertiary/aromatic N) is 1. The van der Waals surface area contributed by atoms with E-state index in [0.29, 0.717) is 15.6 Å². The van der Waals surface area contributed by atoms with E-state index in [1.807, 2.05) is 6.92 Å². The summed E-state index contributed by atoms with van der Waals surface area (Å²) in [6.45, 7) is 1.82. The fourth-order valence-corrected chi connectivity index (χ4v) is 1.94. The fourth-order valence-electron chi connectivity index (χ4n) is 1.58. The molecule has 88 valence electrons. The Hall–Kier alpha value is -1.36. The van der Waals surface area contributed by atoms with E-state index >= 15 is 0 Å². The fraction of sp³-hybridized carbons (Fsp3) is 0.0909. The second kappa shape index (κ2) is 4.49. The van der Waals surface area contributed by atoms with Crippen molar-refractivity contribution in [3.63, 3.8) is 0 Å². The normalized spacial score (nSPS) is 10.6. The highest BCUT2D eigenvalue weighted by atomic mass is 35.5. The molecule has 0 aliphatic carbocycles. The van der Waals surface area contributed by atoms with Crippen molar-refractivity contribution in [2.24, 2.45) is 0 Å². The van der Waals surface area contributed by atoms with Gasteiger partial charge >= 0.3 is 0 Å². The number of benzene rings is 1. The summed E-state index contributed by atoms with van der Waals surface area (Å²) in [5.74, 6) is -0.689. The van der Waals surface area contributed by atoms with Gasteiger partial charge in [0.05, 0.1) is 15.6 Å². The highest BCUT2D eigenvalue weighted by Gasteiger charge is 2.12. The minimum atomic E-state index is -0.689. The molecule has 17 heavy (non-hydrogen) atoms. The van der Waals surface area contributed by atoms with Crippen molar-refractivity contribution in [1.82, 2.24) is 10.5 Å². The van der Waals surface area contributed by atoms with Crippen molar-refractivity contribution in [3.05, 3.63) is 39.5 Å². The van der Waals surface area contributed by atoms with Crippen molar-refractivity contribution < 1.29 is 10.0 Å².